The van der Waals surface area contributed by atoms with E-state index in [1.54, 1.807) is 27.0 Å². The van der Waals surface area contributed by atoms with E-state index in [-0.39, 0.29) is 11.8 Å². The maximum Gasteiger partial charge on any atom is 0.408 e. The van der Waals surface area contributed by atoms with Crippen LogP contribution < -0.4 is 10.2 Å². The highest BCUT2D eigenvalue weighted by Gasteiger charge is 2.51. The van der Waals surface area contributed by atoms with Gasteiger partial charge in [-0.1, -0.05) is 0 Å². The summed E-state index contributed by atoms with van der Waals surface area (Å²) >= 11 is 2.18. The number of hydrogen-bond donors (Lipinski definition) is 1. The average molecular weight is 667 g/mol. The van der Waals surface area contributed by atoms with Crippen molar-refractivity contribution in [3.63, 3.8) is 0 Å². The number of hydrogen-bond acceptors (Lipinski definition) is 7. The molecule has 0 saturated carbocycles. The number of piperidine rings is 1. The third kappa shape index (κ3) is 5.01. The maximum absolute atomic E-state index is 15.1. The first-order chi connectivity index (χ1) is 19.0. The van der Waals surface area contributed by atoms with Crippen LogP contribution in [0, 0.1) is 20.8 Å². The first-order valence-electron chi connectivity index (χ1n) is 13.8. The molecule has 9 nitrogen and oxygen atoms in total. The molecule has 1 aromatic carbocycles. The van der Waals surface area contributed by atoms with Gasteiger partial charge in [-0.3, -0.25) is 0 Å². The quantitative estimate of drug-likeness (QED) is 0.353. The van der Waals surface area contributed by atoms with Gasteiger partial charge in [0.05, 0.1) is 12.2 Å². The second-order valence-corrected chi connectivity index (χ2v) is 13.0. The van der Waals surface area contributed by atoms with E-state index in [0.29, 0.717) is 50.2 Å². The molecule has 1 spiro atoms. The second-order valence-electron chi connectivity index (χ2n) is 12.0. The van der Waals surface area contributed by atoms with Crippen molar-refractivity contribution in [1.29, 1.82) is 0 Å². The van der Waals surface area contributed by atoms with Crippen LogP contribution in [0.4, 0.5) is 19.4 Å². The Hall–Kier alpha value is -2.61. The Morgan fingerprint density at radius 2 is 1.95 bits per heavy atom. The topological polar surface area (TPSA) is 94.4 Å². The minimum atomic E-state index is -0.715. The van der Waals surface area contributed by atoms with Crippen molar-refractivity contribution in [2.24, 2.45) is 5.41 Å². The first-order valence-corrected chi connectivity index (χ1v) is 14.9. The Morgan fingerprint density at radius 1 is 1.20 bits per heavy atom. The van der Waals surface area contributed by atoms with E-state index in [1.165, 1.54) is 0 Å². The summed E-state index contributed by atoms with van der Waals surface area (Å²) in [6.07, 6.45) is 5.50. The zero-order valence-electron chi connectivity index (χ0n) is 22.8. The van der Waals surface area contributed by atoms with Crippen molar-refractivity contribution in [2.45, 2.75) is 77.2 Å². The van der Waals surface area contributed by atoms with Gasteiger partial charge >= 0.3 is 6.09 Å². The largest absolute Gasteiger partial charge is 0.444 e. The normalized spacial score (nSPS) is 22.5. The van der Waals surface area contributed by atoms with Crippen molar-refractivity contribution in [3.8, 4) is 0 Å². The Kier molecular flexibility index (Phi) is 7.12. The molecule has 3 aromatic rings. The molecule has 0 bridgehead atoms. The third-order valence-corrected chi connectivity index (χ3v) is 8.93. The van der Waals surface area contributed by atoms with Gasteiger partial charge in [0.1, 0.15) is 28.6 Å². The number of nitrogens with zero attached hydrogens (tertiary/aromatic N) is 5. The minimum Gasteiger partial charge on any atom is -0.444 e. The molecule has 3 aliphatic rings. The fourth-order valence-corrected chi connectivity index (χ4v) is 6.91. The summed E-state index contributed by atoms with van der Waals surface area (Å²) < 4.78 is 44.1. The van der Waals surface area contributed by atoms with Gasteiger partial charge in [0.15, 0.2) is 15.6 Å². The average Bonchev–Trinajstić information content (AvgIpc) is 3.41. The van der Waals surface area contributed by atoms with Gasteiger partial charge in [0.2, 0.25) is 0 Å². The Bertz CT molecular complexity index is 1440. The fraction of sp³-hybridized carbons (Fsp3) is 0.571. The van der Waals surface area contributed by atoms with Gasteiger partial charge in [-0.15, -0.1) is 0 Å². The highest BCUT2D eigenvalue weighted by molar-refractivity contribution is 14.1. The molecular weight excluding hydrogens is 633 g/mol. The zero-order chi connectivity index (χ0) is 28.2. The third-order valence-electron chi connectivity index (χ3n) is 8.20. The summed E-state index contributed by atoms with van der Waals surface area (Å²) in [6.45, 7) is 7.20. The molecule has 2 fully saturated rings. The smallest absolute Gasteiger partial charge is 0.408 e. The molecule has 1 amide bonds. The lowest BCUT2D eigenvalue weighted by atomic mass is 9.72. The number of ether oxygens (including phenoxy) is 2. The predicted molar refractivity (Wildman–Crippen MR) is 153 cm³/mol. The van der Waals surface area contributed by atoms with Crippen LogP contribution in [-0.4, -0.2) is 51.1 Å². The number of anilines is 1. The monoisotopic (exact) mass is 666 g/mol. The molecule has 2 aliphatic heterocycles. The van der Waals surface area contributed by atoms with Gasteiger partial charge in [0, 0.05) is 30.7 Å². The van der Waals surface area contributed by atoms with Crippen LogP contribution in [0.3, 0.4) is 0 Å². The number of amides is 1. The Labute approximate surface area is 245 Å². The van der Waals surface area contributed by atoms with Crippen molar-refractivity contribution >= 4 is 45.7 Å². The number of fused-ring (bicyclic) bond motifs is 2. The zero-order valence-corrected chi connectivity index (χ0v) is 25.0. The van der Waals surface area contributed by atoms with Crippen molar-refractivity contribution < 1.29 is 23.0 Å². The number of alkyl carbamates (subject to hydrolysis) is 1. The minimum absolute atomic E-state index is 0.157. The number of benzene rings is 1. The van der Waals surface area contributed by atoms with Crippen LogP contribution in [0.15, 0.2) is 18.3 Å². The summed E-state index contributed by atoms with van der Waals surface area (Å²) in [7, 11) is 0. The van der Waals surface area contributed by atoms with Gasteiger partial charge in [-0.05, 0) is 99.6 Å². The van der Waals surface area contributed by atoms with E-state index in [1.807, 2.05) is 4.68 Å². The van der Waals surface area contributed by atoms with E-state index in [9.17, 15) is 9.18 Å². The van der Waals surface area contributed by atoms with E-state index < -0.39 is 34.8 Å². The van der Waals surface area contributed by atoms with E-state index >= 15 is 4.39 Å². The molecule has 0 radical (unpaired) electrons. The first kappa shape index (κ1) is 27.6. The van der Waals surface area contributed by atoms with E-state index in [4.69, 9.17) is 14.5 Å². The summed E-state index contributed by atoms with van der Waals surface area (Å²) in [5.74, 6) is -0.239. The fourth-order valence-electron chi connectivity index (χ4n) is 6.29. The number of nitrogens with one attached hydrogen (secondary N) is 1. The predicted octanol–water partition coefficient (Wildman–Crippen LogP) is 5.82. The second kappa shape index (κ2) is 10.3. The molecule has 2 aromatic heterocycles. The standard InChI is InChI=1S/C28H33F2IN6O3/c1-27(2,3)40-26(38)34-23-21-16(17(29)7-8-18(21)30)14-28(23)9-11-36(12-10-28)19-15-32-22-24(31)35-37(25(22)33-19)20-6-4-5-13-39-20/h7-8,15,20,23H,4-6,9-14H2,1-3H3,(H,34,38)/t20?,23-/m0/s1. The summed E-state index contributed by atoms with van der Waals surface area (Å²) in [5.41, 5.74) is 0.728. The van der Waals surface area contributed by atoms with Crippen LogP contribution in [-0.2, 0) is 15.9 Å². The van der Waals surface area contributed by atoms with Crippen molar-refractivity contribution in [2.75, 3.05) is 24.6 Å². The summed E-state index contributed by atoms with van der Waals surface area (Å²) in [5, 5.41) is 7.58. The van der Waals surface area contributed by atoms with Gasteiger partial charge in [-0.25, -0.2) is 28.2 Å². The molecule has 6 rings (SSSR count). The number of aromatic nitrogens is 4. The highest BCUT2D eigenvalue weighted by atomic mass is 127. The SMILES string of the molecule is CC(C)(C)OC(=O)N[C@H]1c2c(F)ccc(F)c2CC12CCN(c1cnc3c(I)nn(C4CCCCO4)c3n1)CC2. The molecule has 12 heteroatoms. The molecule has 1 aliphatic carbocycles. The van der Waals surface area contributed by atoms with Crippen LogP contribution in [0.1, 0.15) is 76.3 Å². The maximum atomic E-state index is 15.1. The van der Waals surface area contributed by atoms with Gasteiger partial charge in [0.25, 0.3) is 0 Å². The van der Waals surface area contributed by atoms with Crippen LogP contribution in [0.5, 0.6) is 0 Å². The molecule has 2 saturated heterocycles. The Morgan fingerprint density at radius 3 is 2.65 bits per heavy atom. The summed E-state index contributed by atoms with van der Waals surface area (Å²) in [4.78, 5) is 24.6. The van der Waals surface area contributed by atoms with Crippen LogP contribution in [0.2, 0.25) is 0 Å². The molecular formula is C28H33F2IN6O3. The number of carbonyl (C=O) groups excluding carboxylic acids is 1. The molecule has 2 atom stereocenters. The molecule has 1 unspecified atom stereocenters. The lowest BCUT2D eigenvalue weighted by molar-refractivity contribution is -0.0372. The van der Waals surface area contributed by atoms with Crippen LogP contribution in [0.25, 0.3) is 11.2 Å². The molecule has 4 heterocycles. The number of rotatable bonds is 3. The van der Waals surface area contributed by atoms with E-state index in [0.717, 1.165) is 46.4 Å². The van der Waals surface area contributed by atoms with Gasteiger partial charge in [-0.2, -0.15) is 5.10 Å². The van der Waals surface area contributed by atoms with Gasteiger partial charge < -0.3 is 19.7 Å². The number of halogens is 3. The highest BCUT2D eigenvalue weighted by Crippen LogP contribution is 2.53. The molecule has 40 heavy (non-hydrogen) atoms. The van der Waals surface area contributed by atoms with Crippen LogP contribution >= 0.6 is 22.6 Å². The Balaban J connectivity index is 1.27. The molecule has 1 N–H and O–H groups in total. The molecule has 214 valence electrons. The van der Waals surface area contributed by atoms with E-state index in [2.05, 4.69) is 42.9 Å². The van der Waals surface area contributed by atoms with Crippen molar-refractivity contribution in [3.05, 3.63) is 44.8 Å². The lowest BCUT2D eigenvalue weighted by Gasteiger charge is -2.43. The lowest BCUT2D eigenvalue weighted by Crippen LogP contribution is -2.48. The summed E-state index contributed by atoms with van der Waals surface area (Å²) in [6, 6.07) is 1.60. The number of carbonyl (C=O) groups is 1. The van der Waals surface area contributed by atoms with Crippen molar-refractivity contribution in [1.82, 2.24) is 25.1 Å².